The zero-order chi connectivity index (χ0) is 37.5. The Labute approximate surface area is 335 Å². The third-order valence-electron chi connectivity index (χ3n) is 12.0. The van der Waals surface area contributed by atoms with Gasteiger partial charge in [0.25, 0.3) is 0 Å². The first kappa shape index (κ1) is 32.3. The standard InChI is InChI=1S/C53H34N2OS/c1-3-16-33(17-4-1)35-30-36(34-18-5-2-6-19-34)32-37(31-35)52-54-49-39-21-8-14-29-47(39)57-51(49)50(55-52)40-22-15-26-44-48(40)38-20-7-9-23-41(38)53(44)42-24-10-12-27-45(42)56-46-28-13-11-25-43(46)53/h1-32,52,54H. The van der Waals surface area contributed by atoms with Crippen molar-refractivity contribution in [3.63, 3.8) is 0 Å². The third kappa shape index (κ3) is 4.74. The summed E-state index contributed by atoms with van der Waals surface area (Å²) < 4.78 is 7.88. The Hall–Kier alpha value is -7.01. The maximum Gasteiger partial charge on any atom is 0.145 e. The minimum atomic E-state index is -0.558. The van der Waals surface area contributed by atoms with Crippen LogP contribution < -0.4 is 10.1 Å². The lowest BCUT2D eigenvalue weighted by Gasteiger charge is -2.39. The average Bonchev–Trinajstić information content (AvgIpc) is 3.81. The molecule has 1 unspecified atom stereocenters. The smallest absolute Gasteiger partial charge is 0.145 e. The molecule has 0 amide bonds. The lowest BCUT2D eigenvalue weighted by molar-refractivity contribution is 0.436. The molecule has 9 aromatic rings. The summed E-state index contributed by atoms with van der Waals surface area (Å²) in [5.74, 6) is 1.78. The van der Waals surface area contributed by atoms with E-state index in [1.165, 1.54) is 54.6 Å². The van der Waals surface area contributed by atoms with Gasteiger partial charge in [-0.2, -0.15) is 0 Å². The highest BCUT2D eigenvalue weighted by atomic mass is 32.1. The second-order valence-corrected chi connectivity index (χ2v) is 16.1. The van der Waals surface area contributed by atoms with Gasteiger partial charge in [0.1, 0.15) is 17.7 Å². The Morgan fingerprint density at radius 2 is 1.05 bits per heavy atom. The molecule has 1 aliphatic carbocycles. The number of hydrogen-bond acceptors (Lipinski definition) is 4. The summed E-state index contributed by atoms with van der Waals surface area (Å²) in [5, 5.41) is 5.19. The zero-order valence-electron chi connectivity index (χ0n) is 30.8. The molecule has 3 aliphatic rings. The van der Waals surface area contributed by atoms with Crippen LogP contribution in [0.1, 0.15) is 44.4 Å². The van der Waals surface area contributed by atoms with Crippen molar-refractivity contribution >= 4 is 32.8 Å². The highest BCUT2D eigenvalue weighted by Gasteiger charge is 2.51. The van der Waals surface area contributed by atoms with E-state index in [9.17, 15) is 0 Å². The molecule has 12 rings (SSSR count). The second kappa shape index (κ2) is 12.5. The van der Waals surface area contributed by atoms with E-state index in [0.29, 0.717) is 0 Å². The van der Waals surface area contributed by atoms with Gasteiger partial charge in [-0.1, -0.05) is 158 Å². The van der Waals surface area contributed by atoms with Crippen LogP contribution in [0, 0.1) is 0 Å². The van der Waals surface area contributed by atoms with Gasteiger partial charge in [0, 0.05) is 26.8 Å². The summed E-state index contributed by atoms with van der Waals surface area (Å²) in [7, 11) is 0. The molecule has 8 aromatic carbocycles. The molecule has 0 saturated carbocycles. The Morgan fingerprint density at radius 1 is 0.491 bits per heavy atom. The minimum absolute atomic E-state index is 0.331. The monoisotopic (exact) mass is 746 g/mol. The van der Waals surface area contributed by atoms with Gasteiger partial charge in [-0.3, -0.25) is 4.99 Å². The lowest BCUT2D eigenvalue weighted by Crippen LogP contribution is -2.32. The molecule has 0 saturated heterocycles. The number of ether oxygens (including phenoxy) is 1. The maximum atomic E-state index is 6.64. The summed E-state index contributed by atoms with van der Waals surface area (Å²) in [6.07, 6.45) is -0.331. The van der Waals surface area contributed by atoms with Crippen molar-refractivity contribution in [1.82, 2.24) is 0 Å². The van der Waals surface area contributed by atoms with Gasteiger partial charge in [0.15, 0.2) is 0 Å². The highest BCUT2D eigenvalue weighted by Crippen LogP contribution is 2.63. The topological polar surface area (TPSA) is 33.6 Å². The maximum absolute atomic E-state index is 6.64. The van der Waals surface area contributed by atoms with Crippen LogP contribution in [-0.4, -0.2) is 5.71 Å². The summed E-state index contributed by atoms with van der Waals surface area (Å²) in [6.45, 7) is 0. The van der Waals surface area contributed by atoms with Crippen LogP contribution in [0.25, 0.3) is 43.5 Å². The van der Waals surface area contributed by atoms with Crippen LogP contribution in [0.15, 0.2) is 199 Å². The molecule has 1 atom stereocenters. The van der Waals surface area contributed by atoms with E-state index in [1.807, 2.05) is 11.3 Å². The second-order valence-electron chi connectivity index (χ2n) is 15.0. The highest BCUT2D eigenvalue weighted by molar-refractivity contribution is 7.22. The molecule has 1 spiro atoms. The molecule has 3 nitrogen and oxygen atoms in total. The van der Waals surface area contributed by atoms with Crippen LogP contribution in [-0.2, 0) is 5.41 Å². The van der Waals surface area contributed by atoms with Gasteiger partial charge in [-0.05, 0) is 86.5 Å². The first-order valence-corrected chi connectivity index (χ1v) is 20.3. The number of nitrogens with one attached hydrogen (secondary N) is 1. The fourth-order valence-corrected chi connectivity index (χ4v) is 10.7. The van der Waals surface area contributed by atoms with E-state index in [-0.39, 0.29) is 6.17 Å². The van der Waals surface area contributed by atoms with Gasteiger partial charge in [0.2, 0.25) is 0 Å². The fourth-order valence-electron chi connectivity index (χ4n) is 9.57. The minimum Gasteiger partial charge on any atom is -0.457 e. The van der Waals surface area contributed by atoms with Crippen molar-refractivity contribution in [1.29, 1.82) is 0 Å². The molecule has 0 radical (unpaired) electrons. The Kier molecular flexibility index (Phi) is 7.08. The summed E-state index contributed by atoms with van der Waals surface area (Å²) in [6, 6.07) is 70.0. The Morgan fingerprint density at radius 3 is 1.75 bits per heavy atom. The SMILES string of the molecule is c1ccc(-c2cc(-c3ccccc3)cc(C3N=C(c4cccc5c4-c4ccccc4C54c5ccccc5Oc5ccccc54)c4sc5ccccc5c4N3)c2)cc1. The van der Waals surface area contributed by atoms with Crippen LogP contribution in [0.5, 0.6) is 11.5 Å². The van der Waals surface area contributed by atoms with Crippen LogP contribution in [0.3, 0.4) is 0 Å². The molecule has 1 N–H and O–H groups in total. The molecular weight excluding hydrogens is 713 g/mol. The Bertz CT molecular complexity index is 2990. The van der Waals surface area contributed by atoms with Crippen molar-refractivity contribution in [2.75, 3.05) is 5.32 Å². The van der Waals surface area contributed by atoms with E-state index in [1.54, 1.807) is 0 Å². The molecule has 2 aliphatic heterocycles. The van der Waals surface area contributed by atoms with E-state index in [0.717, 1.165) is 50.0 Å². The number of thiophene rings is 1. The van der Waals surface area contributed by atoms with Gasteiger partial charge in [0.05, 0.1) is 21.7 Å². The first-order chi connectivity index (χ1) is 28.3. The van der Waals surface area contributed by atoms with E-state index in [4.69, 9.17) is 9.73 Å². The van der Waals surface area contributed by atoms with Crippen LogP contribution >= 0.6 is 11.3 Å². The van der Waals surface area contributed by atoms with Crippen LogP contribution in [0.4, 0.5) is 5.69 Å². The normalized spacial score (nSPS) is 15.4. The number of hydrogen-bond donors (Lipinski definition) is 1. The zero-order valence-corrected chi connectivity index (χ0v) is 31.6. The molecule has 4 heteroatoms. The summed E-state index contributed by atoms with van der Waals surface area (Å²) in [4.78, 5) is 6.95. The predicted molar refractivity (Wildman–Crippen MR) is 235 cm³/mol. The van der Waals surface area contributed by atoms with E-state index >= 15 is 0 Å². The van der Waals surface area contributed by atoms with Gasteiger partial charge in [-0.15, -0.1) is 11.3 Å². The first-order valence-electron chi connectivity index (χ1n) is 19.5. The average molecular weight is 747 g/mol. The van der Waals surface area contributed by atoms with Crippen molar-refractivity contribution in [2.24, 2.45) is 4.99 Å². The molecule has 3 heterocycles. The number of anilines is 1. The quantitative estimate of drug-likeness (QED) is 0.195. The molecule has 0 fully saturated rings. The van der Waals surface area contributed by atoms with Crippen molar-refractivity contribution < 1.29 is 4.74 Å². The third-order valence-corrected chi connectivity index (χ3v) is 13.1. The van der Waals surface area contributed by atoms with E-state index in [2.05, 4.69) is 199 Å². The lowest BCUT2D eigenvalue weighted by atomic mass is 9.66. The Balaban J connectivity index is 1.13. The number of rotatable bonds is 4. The van der Waals surface area contributed by atoms with Crippen molar-refractivity contribution in [3.05, 3.63) is 232 Å². The number of benzene rings is 8. The summed E-state index contributed by atoms with van der Waals surface area (Å²) in [5.41, 5.74) is 15.8. The number of fused-ring (bicyclic) bond motifs is 12. The number of nitrogens with zero attached hydrogens (tertiary/aromatic N) is 1. The number of aliphatic imine (C=N–C) groups is 1. The molecule has 1 aromatic heterocycles. The largest absolute Gasteiger partial charge is 0.457 e. The van der Waals surface area contributed by atoms with E-state index < -0.39 is 5.41 Å². The molecule has 268 valence electrons. The van der Waals surface area contributed by atoms with Crippen LogP contribution in [0.2, 0.25) is 0 Å². The molecule has 0 bridgehead atoms. The van der Waals surface area contributed by atoms with Gasteiger partial charge in [-0.25, -0.2) is 0 Å². The van der Waals surface area contributed by atoms with Gasteiger partial charge < -0.3 is 10.1 Å². The van der Waals surface area contributed by atoms with Crippen molar-refractivity contribution in [2.45, 2.75) is 11.6 Å². The molecular formula is C53H34N2OS. The van der Waals surface area contributed by atoms with Crippen molar-refractivity contribution in [3.8, 4) is 44.9 Å². The molecule has 57 heavy (non-hydrogen) atoms. The predicted octanol–water partition coefficient (Wildman–Crippen LogP) is 13.7. The van der Waals surface area contributed by atoms with Gasteiger partial charge >= 0.3 is 0 Å². The summed E-state index contributed by atoms with van der Waals surface area (Å²) >= 11 is 1.82. The number of para-hydroxylation sites is 2. The fraction of sp³-hybridized carbons (Fsp3) is 0.0377.